The maximum atomic E-state index is 13.8. The van der Waals surface area contributed by atoms with Crippen molar-refractivity contribution in [2.45, 2.75) is 13.0 Å². The highest BCUT2D eigenvalue weighted by molar-refractivity contribution is 5.36. The van der Waals surface area contributed by atoms with Crippen LogP contribution in [0.5, 0.6) is 0 Å². The van der Waals surface area contributed by atoms with Gasteiger partial charge >= 0.3 is 0 Å². The minimum atomic E-state index is -0.397. The molecule has 0 aliphatic carbocycles. The first-order chi connectivity index (χ1) is 8.22. The Hall–Kier alpha value is -2.33. The Morgan fingerprint density at radius 1 is 1.53 bits per heavy atom. The zero-order chi connectivity index (χ0) is 12.3. The van der Waals surface area contributed by atoms with E-state index < -0.39 is 5.82 Å². The number of rotatable bonds is 3. The topological polar surface area (TPSA) is 66.6 Å². The predicted octanol–water partition coefficient (Wildman–Crippen LogP) is 3.38. The van der Waals surface area contributed by atoms with E-state index in [1.165, 1.54) is 10.7 Å². The predicted molar refractivity (Wildman–Crippen MR) is 61.1 cm³/mol. The van der Waals surface area contributed by atoms with Crippen molar-refractivity contribution in [2.75, 3.05) is 0 Å². The SMILES string of the molecule is C[C@@H](N=[N+]=[N-])c1ccc(-n2cccn2)c(F)c1. The van der Waals surface area contributed by atoms with E-state index in [1.807, 2.05) is 0 Å². The van der Waals surface area contributed by atoms with Gasteiger partial charge in [-0.05, 0) is 29.3 Å². The molecule has 0 radical (unpaired) electrons. The molecule has 1 atom stereocenters. The summed E-state index contributed by atoms with van der Waals surface area (Å²) in [4.78, 5) is 2.70. The summed E-state index contributed by atoms with van der Waals surface area (Å²) in [5.41, 5.74) is 9.33. The fraction of sp³-hybridized carbons (Fsp3) is 0.182. The van der Waals surface area contributed by atoms with E-state index in [4.69, 9.17) is 5.53 Å². The second kappa shape index (κ2) is 4.67. The monoisotopic (exact) mass is 231 g/mol. The van der Waals surface area contributed by atoms with Crippen LogP contribution in [0, 0.1) is 5.82 Å². The molecule has 0 N–H and O–H groups in total. The molecule has 0 aliphatic rings. The van der Waals surface area contributed by atoms with Crippen LogP contribution in [0.15, 0.2) is 41.8 Å². The third-order valence-corrected chi connectivity index (χ3v) is 2.43. The lowest BCUT2D eigenvalue weighted by molar-refractivity contribution is 0.605. The van der Waals surface area contributed by atoms with Gasteiger partial charge in [0, 0.05) is 17.3 Å². The standard InChI is InChI=1S/C11H10FN5/c1-8(15-16-13)9-3-4-11(10(12)7-9)17-6-2-5-14-17/h2-8H,1H3/t8-/m1/s1. The van der Waals surface area contributed by atoms with E-state index in [1.54, 1.807) is 37.5 Å². The fourth-order valence-electron chi connectivity index (χ4n) is 1.52. The molecule has 1 aromatic carbocycles. The lowest BCUT2D eigenvalue weighted by Crippen LogP contribution is -1.99. The van der Waals surface area contributed by atoms with Crippen LogP contribution in [-0.4, -0.2) is 9.78 Å². The molecular weight excluding hydrogens is 221 g/mol. The Kier molecular flexibility index (Phi) is 3.07. The van der Waals surface area contributed by atoms with Crippen LogP contribution in [0.4, 0.5) is 4.39 Å². The lowest BCUT2D eigenvalue weighted by Gasteiger charge is -2.08. The average Bonchev–Trinajstić information content (AvgIpc) is 2.82. The minimum absolute atomic E-state index is 0.367. The molecule has 0 saturated carbocycles. The number of halogens is 1. The number of azide groups is 1. The van der Waals surface area contributed by atoms with E-state index in [0.717, 1.165) is 0 Å². The normalized spacial score (nSPS) is 11.9. The summed E-state index contributed by atoms with van der Waals surface area (Å²) in [6, 6.07) is 6.02. The molecule has 1 aromatic heterocycles. The first-order valence-electron chi connectivity index (χ1n) is 5.06. The number of aromatic nitrogens is 2. The van der Waals surface area contributed by atoms with E-state index in [0.29, 0.717) is 11.3 Å². The molecule has 0 bridgehead atoms. The van der Waals surface area contributed by atoms with Gasteiger partial charge in [0.1, 0.15) is 11.5 Å². The van der Waals surface area contributed by atoms with Gasteiger partial charge in [0.2, 0.25) is 0 Å². The molecule has 2 aromatic rings. The molecular formula is C11H10FN5. The first-order valence-corrected chi connectivity index (χ1v) is 5.06. The van der Waals surface area contributed by atoms with E-state index in [-0.39, 0.29) is 6.04 Å². The first kappa shape index (κ1) is 11.2. The second-order valence-electron chi connectivity index (χ2n) is 3.54. The summed E-state index contributed by atoms with van der Waals surface area (Å²) in [6.45, 7) is 1.71. The Morgan fingerprint density at radius 2 is 2.35 bits per heavy atom. The highest BCUT2D eigenvalue weighted by Crippen LogP contribution is 2.21. The van der Waals surface area contributed by atoms with Gasteiger partial charge in [-0.2, -0.15) is 5.10 Å². The van der Waals surface area contributed by atoms with Gasteiger partial charge in [-0.1, -0.05) is 18.1 Å². The molecule has 0 amide bonds. The fourth-order valence-corrected chi connectivity index (χ4v) is 1.52. The maximum absolute atomic E-state index is 13.8. The van der Waals surface area contributed by atoms with Crippen LogP contribution in [0.25, 0.3) is 16.1 Å². The van der Waals surface area contributed by atoms with Gasteiger partial charge in [-0.15, -0.1) is 0 Å². The number of hydrogen-bond acceptors (Lipinski definition) is 2. The number of hydrogen-bond donors (Lipinski definition) is 0. The molecule has 6 heteroatoms. The van der Waals surface area contributed by atoms with Gasteiger partial charge in [-0.3, -0.25) is 0 Å². The summed E-state index contributed by atoms with van der Waals surface area (Å²) >= 11 is 0. The van der Waals surface area contributed by atoms with Crippen LogP contribution < -0.4 is 0 Å². The quantitative estimate of drug-likeness (QED) is 0.453. The van der Waals surface area contributed by atoms with Crippen molar-refractivity contribution in [1.29, 1.82) is 0 Å². The second-order valence-corrected chi connectivity index (χ2v) is 3.54. The summed E-state index contributed by atoms with van der Waals surface area (Å²) < 4.78 is 15.3. The van der Waals surface area contributed by atoms with Crippen molar-refractivity contribution in [1.82, 2.24) is 9.78 Å². The Balaban J connectivity index is 2.38. The molecule has 86 valence electrons. The van der Waals surface area contributed by atoms with E-state index in [2.05, 4.69) is 15.1 Å². The van der Waals surface area contributed by atoms with Gasteiger partial charge in [0.05, 0.1) is 6.04 Å². The third-order valence-electron chi connectivity index (χ3n) is 2.43. The summed E-state index contributed by atoms with van der Waals surface area (Å²) in [5.74, 6) is -0.397. The van der Waals surface area contributed by atoms with Crippen molar-refractivity contribution in [2.24, 2.45) is 5.11 Å². The minimum Gasteiger partial charge on any atom is -0.238 e. The van der Waals surface area contributed by atoms with Crippen LogP contribution in [0.2, 0.25) is 0 Å². The smallest absolute Gasteiger partial charge is 0.149 e. The zero-order valence-corrected chi connectivity index (χ0v) is 9.16. The molecule has 0 spiro atoms. The van der Waals surface area contributed by atoms with Crippen molar-refractivity contribution in [3.8, 4) is 5.69 Å². The summed E-state index contributed by atoms with van der Waals surface area (Å²) in [5, 5.41) is 7.47. The molecule has 0 unspecified atom stereocenters. The molecule has 2 rings (SSSR count). The lowest BCUT2D eigenvalue weighted by atomic mass is 10.1. The van der Waals surface area contributed by atoms with Crippen molar-refractivity contribution >= 4 is 0 Å². The van der Waals surface area contributed by atoms with Crippen LogP contribution in [-0.2, 0) is 0 Å². The van der Waals surface area contributed by atoms with Crippen molar-refractivity contribution in [3.63, 3.8) is 0 Å². The Bertz CT molecular complexity index is 557. The van der Waals surface area contributed by atoms with Crippen LogP contribution in [0.3, 0.4) is 0 Å². The molecule has 1 heterocycles. The Labute approximate surface area is 97.1 Å². The van der Waals surface area contributed by atoms with Crippen molar-refractivity contribution < 1.29 is 4.39 Å². The van der Waals surface area contributed by atoms with Gasteiger partial charge < -0.3 is 0 Å². The summed E-state index contributed by atoms with van der Waals surface area (Å²) in [6.07, 6.45) is 3.24. The van der Waals surface area contributed by atoms with E-state index in [9.17, 15) is 4.39 Å². The van der Waals surface area contributed by atoms with Gasteiger partial charge in [0.25, 0.3) is 0 Å². The molecule has 0 aliphatic heterocycles. The third kappa shape index (κ3) is 2.26. The van der Waals surface area contributed by atoms with E-state index >= 15 is 0 Å². The van der Waals surface area contributed by atoms with Crippen molar-refractivity contribution in [3.05, 3.63) is 58.5 Å². The number of benzene rings is 1. The number of nitrogens with zero attached hydrogens (tertiary/aromatic N) is 5. The summed E-state index contributed by atoms with van der Waals surface area (Å²) in [7, 11) is 0. The van der Waals surface area contributed by atoms with Crippen LogP contribution >= 0.6 is 0 Å². The zero-order valence-electron chi connectivity index (χ0n) is 9.16. The maximum Gasteiger partial charge on any atom is 0.149 e. The van der Waals surface area contributed by atoms with Gasteiger partial charge in [-0.25, -0.2) is 9.07 Å². The molecule has 5 nitrogen and oxygen atoms in total. The highest BCUT2D eigenvalue weighted by Gasteiger charge is 2.09. The van der Waals surface area contributed by atoms with Gasteiger partial charge in [0.15, 0.2) is 0 Å². The molecule has 0 fully saturated rings. The highest BCUT2D eigenvalue weighted by atomic mass is 19.1. The average molecular weight is 231 g/mol. The largest absolute Gasteiger partial charge is 0.238 e. The van der Waals surface area contributed by atoms with Crippen LogP contribution in [0.1, 0.15) is 18.5 Å². The molecule has 0 saturated heterocycles. The molecule has 17 heavy (non-hydrogen) atoms. The Morgan fingerprint density at radius 3 is 2.94 bits per heavy atom.